The molecule has 0 atom stereocenters. The highest BCUT2D eigenvalue weighted by Gasteiger charge is 2.27. The van der Waals surface area contributed by atoms with E-state index >= 15 is 0 Å². The molecule has 2 aromatic rings. The van der Waals surface area contributed by atoms with Gasteiger partial charge in [-0.05, 0) is 92.8 Å². The monoisotopic (exact) mass is 618 g/mol. The van der Waals surface area contributed by atoms with Crippen LogP contribution in [-0.4, -0.2) is 31.1 Å². The summed E-state index contributed by atoms with van der Waals surface area (Å²) in [6.45, 7) is 4.61. The van der Waals surface area contributed by atoms with Gasteiger partial charge in [0, 0.05) is 17.5 Å². The first-order chi connectivity index (χ1) is 21.8. The average Bonchev–Trinajstić information content (AvgIpc) is 3.02. The van der Waals surface area contributed by atoms with Gasteiger partial charge in [-0.2, -0.15) is 0 Å². The number of benzene rings is 2. The highest BCUT2D eigenvalue weighted by Crippen LogP contribution is 2.32. The predicted molar refractivity (Wildman–Crippen MR) is 179 cm³/mol. The van der Waals surface area contributed by atoms with Gasteiger partial charge in [-0.3, -0.25) is 4.79 Å². The molecule has 244 valence electrons. The number of anilines is 2. The standard InChI is InChI=1S/C37H50N2O6/c1-2-12-28-13-18-30(19-14-28)37(42)45-34-20-15-29(16-21-34)17-22-35(40)43-23-10-8-6-4-3-5-7-9-11-24-44-36(41)31-25-32(38)27-33(39)26-31/h2,15-17,20-22,25-28,30H,1,3-14,18-19,23-24,38-39H2. The van der Waals surface area contributed by atoms with Crippen molar-refractivity contribution in [2.45, 2.75) is 89.9 Å². The highest BCUT2D eigenvalue weighted by molar-refractivity contribution is 5.91. The second-order valence-electron chi connectivity index (χ2n) is 11.9. The molecule has 1 fully saturated rings. The van der Waals surface area contributed by atoms with Gasteiger partial charge in [0.25, 0.3) is 0 Å². The number of carbonyl (C=O) groups excluding carboxylic acids is 3. The van der Waals surface area contributed by atoms with E-state index in [4.69, 9.17) is 25.7 Å². The van der Waals surface area contributed by atoms with Crippen molar-refractivity contribution in [3.63, 3.8) is 0 Å². The van der Waals surface area contributed by atoms with Crippen molar-refractivity contribution in [3.8, 4) is 5.75 Å². The third-order valence-corrected chi connectivity index (χ3v) is 8.17. The van der Waals surface area contributed by atoms with Crippen molar-refractivity contribution < 1.29 is 28.6 Å². The molecular weight excluding hydrogens is 568 g/mol. The number of ether oxygens (including phenoxy) is 3. The van der Waals surface area contributed by atoms with Gasteiger partial charge in [-0.1, -0.05) is 63.2 Å². The lowest BCUT2D eigenvalue weighted by Crippen LogP contribution is -2.25. The number of carbonyl (C=O) groups is 3. The summed E-state index contributed by atoms with van der Waals surface area (Å²) in [4.78, 5) is 36.7. The fourth-order valence-corrected chi connectivity index (χ4v) is 5.59. The van der Waals surface area contributed by atoms with E-state index in [-0.39, 0.29) is 17.9 Å². The van der Waals surface area contributed by atoms with Crippen molar-refractivity contribution >= 4 is 35.4 Å². The molecule has 4 N–H and O–H groups in total. The summed E-state index contributed by atoms with van der Waals surface area (Å²) < 4.78 is 16.2. The first-order valence-corrected chi connectivity index (χ1v) is 16.4. The Morgan fingerprint density at radius 1 is 0.756 bits per heavy atom. The number of rotatable bonds is 19. The maximum atomic E-state index is 12.5. The molecule has 0 amide bonds. The fraction of sp³-hybridized carbons (Fsp3) is 0.486. The molecule has 0 spiro atoms. The van der Waals surface area contributed by atoms with Crippen molar-refractivity contribution in [1.82, 2.24) is 0 Å². The van der Waals surface area contributed by atoms with Crippen LogP contribution >= 0.6 is 0 Å². The van der Waals surface area contributed by atoms with Crippen molar-refractivity contribution in [1.29, 1.82) is 0 Å². The zero-order valence-electron chi connectivity index (χ0n) is 26.6. The number of nitrogen functional groups attached to an aromatic ring is 2. The number of hydrogen-bond donors (Lipinski definition) is 2. The summed E-state index contributed by atoms with van der Waals surface area (Å²) in [6, 6.07) is 11.9. The molecule has 0 bridgehead atoms. The fourth-order valence-electron chi connectivity index (χ4n) is 5.59. The Labute approximate surface area is 268 Å². The lowest BCUT2D eigenvalue weighted by Gasteiger charge is -2.26. The van der Waals surface area contributed by atoms with Crippen molar-refractivity contribution in [3.05, 3.63) is 72.3 Å². The van der Waals surface area contributed by atoms with Crippen LogP contribution in [0.25, 0.3) is 6.08 Å². The molecule has 8 nitrogen and oxygen atoms in total. The van der Waals surface area contributed by atoms with Crippen LogP contribution in [0.3, 0.4) is 0 Å². The summed E-state index contributed by atoms with van der Waals surface area (Å²) in [5.74, 6) is 0.209. The van der Waals surface area contributed by atoms with Crippen molar-refractivity contribution in [2.24, 2.45) is 11.8 Å². The molecule has 45 heavy (non-hydrogen) atoms. The van der Waals surface area contributed by atoms with E-state index in [0.29, 0.717) is 41.8 Å². The van der Waals surface area contributed by atoms with Crippen LogP contribution in [0.4, 0.5) is 11.4 Å². The summed E-state index contributed by atoms with van der Waals surface area (Å²) in [7, 11) is 0. The van der Waals surface area contributed by atoms with Gasteiger partial charge in [-0.25, -0.2) is 9.59 Å². The lowest BCUT2D eigenvalue weighted by molar-refractivity contribution is -0.140. The Morgan fingerprint density at radius 3 is 1.89 bits per heavy atom. The number of unbranched alkanes of at least 4 members (excludes halogenated alkanes) is 8. The maximum absolute atomic E-state index is 12.5. The summed E-state index contributed by atoms with van der Waals surface area (Å²) in [5.41, 5.74) is 13.6. The molecule has 8 heteroatoms. The van der Waals surface area contributed by atoms with E-state index < -0.39 is 5.97 Å². The van der Waals surface area contributed by atoms with Crippen LogP contribution < -0.4 is 16.2 Å². The molecule has 1 aliphatic rings. The first kappa shape index (κ1) is 35.4. The number of nitrogens with two attached hydrogens (primary N) is 2. The smallest absolute Gasteiger partial charge is 0.338 e. The quantitative estimate of drug-likeness (QED) is 0.0404. The Kier molecular flexibility index (Phi) is 15.8. The van der Waals surface area contributed by atoms with Gasteiger partial charge in [-0.15, -0.1) is 6.58 Å². The summed E-state index contributed by atoms with van der Waals surface area (Å²) in [5, 5.41) is 0. The maximum Gasteiger partial charge on any atom is 0.338 e. The molecule has 0 aromatic heterocycles. The molecule has 1 aliphatic carbocycles. The number of esters is 3. The molecule has 1 saturated carbocycles. The third kappa shape index (κ3) is 14.1. The van der Waals surface area contributed by atoms with Gasteiger partial charge in [0.15, 0.2) is 0 Å². The van der Waals surface area contributed by atoms with Gasteiger partial charge in [0.05, 0.1) is 24.7 Å². The van der Waals surface area contributed by atoms with Crippen molar-refractivity contribution in [2.75, 3.05) is 24.7 Å². The van der Waals surface area contributed by atoms with E-state index in [1.165, 1.54) is 12.5 Å². The van der Waals surface area contributed by atoms with Gasteiger partial charge in [0.2, 0.25) is 0 Å². The molecule has 0 heterocycles. The molecule has 0 radical (unpaired) electrons. The Balaban J connectivity index is 1.15. The predicted octanol–water partition coefficient (Wildman–Crippen LogP) is 8.06. The van der Waals surface area contributed by atoms with Crippen LogP contribution in [-0.2, 0) is 19.1 Å². The average molecular weight is 619 g/mol. The van der Waals surface area contributed by atoms with E-state index in [1.807, 2.05) is 18.2 Å². The molecular formula is C37H50N2O6. The largest absolute Gasteiger partial charge is 0.463 e. The number of allylic oxidation sites excluding steroid dienone is 1. The SMILES string of the molecule is C=CCC1CCC(C(=O)Oc2ccc(C=CC(=O)OCCCCCCCCCCCOC(=O)c3cc(N)cc(N)c3)cc2)CC1. The Bertz CT molecular complexity index is 1230. The van der Waals surface area contributed by atoms with Crippen LogP contribution in [0.1, 0.15) is 106 Å². The van der Waals surface area contributed by atoms with Gasteiger partial charge < -0.3 is 25.7 Å². The van der Waals surface area contributed by atoms with E-state index in [9.17, 15) is 14.4 Å². The second-order valence-corrected chi connectivity index (χ2v) is 11.9. The lowest BCUT2D eigenvalue weighted by atomic mass is 9.80. The second kappa shape index (κ2) is 20.1. The third-order valence-electron chi connectivity index (χ3n) is 8.17. The summed E-state index contributed by atoms with van der Waals surface area (Å²) in [6.07, 6.45) is 19.4. The minimum absolute atomic E-state index is 0.0366. The molecule has 2 aromatic carbocycles. The normalized spacial score (nSPS) is 16.3. The van der Waals surface area contributed by atoms with Crippen LogP contribution in [0.2, 0.25) is 0 Å². The minimum Gasteiger partial charge on any atom is -0.463 e. The minimum atomic E-state index is -0.394. The van der Waals surface area contributed by atoms with E-state index in [2.05, 4.69) is 6.58 Å². The zero-order valence-corrected chi connectivity index (χ0v) is 26.6. The highest BCUT2D eigenvalue weighted by atomic mass is 16.5. The van der Waals surface area contributed by atoms with E-state index in [0.717, 1.165) is 89.0 Å². The van der Waals surface area contributed by atoms with Gasteiger partial charge >= 0.3 is 17.9 Å². The topological polar surface area (TPSA) is 131 Å². The van der Waals surface area contributed by atoms with Crippen LogP contribution in [0, 0.1) is 11.8 Å². The zero-order chi connectivity index (χ0) is 32.3. The molecule has 0 saturated heterocycles. The van der Waals surface area contributed by atoms with Crippen LogP contribution in [0.5, 0.6) is 5.75 Å². The Morgan fingerprint density at radius 2 is 1.31 bits per heavy atom. The molecule has 0 unspecified atom stereocenters. The first-order valence-electron chi connectivity index (χ1n) is 16.4. The molecule has 0 aliphatic heterocycles. The van der Waals surface area contributed by atoms with Crippen LogP contribution in [0.15, 0.2) is 61.2 Å². The number of hydrogen-bond acceptors (Lipinski definition) is 8. The Hall–Kier alpha value is -4.07. The molecule has 3 rings (SSSR count). The summed E-state index contributed by atoms with van der Waals surface area (Å²) >= 11 is 0. The van der Waals surface area contributed by atoms with E-state index in [1.54, 1.807) is 36.4 Å². The van der Waals surface area contributed by atoms with Gasteiger partial charge in [0.1, 0.15) is 5.75 Å².